The number of rotatable bonds is 0. The van der Waals surface area contributed by atoms with Gasteiger partial charge in [-0.1, -0.05) is 26.0 Å². The van der Waals surface area contributed by atoms with E-state index in [4.69, 9.17) is 4.74 Å². The molecular formula is C23H32O2. The second kappa shape index (κ2) is 5.02. The largest absolute Gasteiger partial charge is 0.492 e. The molecule has 5 unspecified atom stereocenters. The Kier molecular flexibility index (Phi) is 3.24. The number of hydrogen-bond acceptors (Lipinski definition) is 2. The smallest absolute Gasteiger partial charge is 0.155 e. The Morgan fingerprint density at radius 2 is 1.80 bits per heavy atom. The number of carbonyl (C=O) groups is 1. The summed E-state index contributed by atoms with van der Waals surface area (Å²) in [6.45, 7) is 9.15. The minimum absolute atomic E-state index is 0.0826. The van der Waals surface area contributed by atoms with Crippen LogP contribution in [0.5, 0.6) is 0 Å². The molecular weight excluding hydrogens is 308 g/mol. The highest BCUT2D eigenvalue weighted by atomic mass is 16.5. The van der Waals surface area contributed by atoms with Crippen molar-refractivity contribution in [2.45, 2.75) is 83.7 Å². The van der Waals surface area contributed by atoms with Gasteiger partial charge >= 0.3 is 0 Å². The lowest BCUT2D eigenvalue weighted by Crippen LogP contribution is -2.54. The summed E-state index contributed by atoms with van der Waals surface area (Å²) in [6, 6.07) is 0. The van der Waals surface area contributed by atoms with Crippen LogP contribution in [-0.2, 0) is 9.53 Å². The molecule has 0 aromatic heterocycles. The van der Waals surface area contributed by atoms with Crippen LogP contribution < -0.4 is 0 Å². The summed E-state index contributed by atoms with van der Waals surface area (Å²) in [7, 11) is 0. The van der Waals surface area contributed by atoms with Gasteiger partial charge in [0.15, 0.2) is 5.78 Å². The molecule has 0 bridgehead atoms. The molecule has 0 radical (unpaired) electrons. The molecule has 2 nitrogen and oxygen atoms in total. The number of carbonyl (C=O) groups excluding carboxylic acids is 1. The van der Waals surface area contributed by atoms with Crippen molar-refractivity contribution in [3.8, 4) is 0 Å². The third-order valence-corrected chi connectivity index (χ3v) is 9.40. The van der Waals surface area contributed by atoms with Crippen LogP contribution in [0.4, 0.5) is 0 Å². The van der Waals surface area contributed by atoms with E-state index in [1.165, 1.54) is 44.1 Å². The van der Waals surface area contributed by atoms with E-state index < -0.39 is 0 Å². The molecule has 6 atom stereocenters. The first-order valence-corrected chi connectivity index (χ1v) is 10.5. The summed E-state index contributed by atoms with van der Waals surface area (Å²) < 4.78 is 6.46. The van der Waals surface area contributed by atoms with E-state index in [2.05, 4.69) is 20.4 Å². The fraction of sp³-hybridized carbons (Fsp3) is 0.783. The van der Waals surface area contributed by atoms with E-state index >= 15 is 0 Å². The Labute approximate surface area is 152 Å². The lowest BCUT2D eigenvalue weighted by atomic mass is 9.46. The molecule has 1 saturated heterocycles. The normalized spacial score (nSPS) is 51.6. The first kappa shape index (κ1) is 16.1. The van der Waals surface area contributed by atoms with E-state index in [0.29, 0.717) is 11.2 Å². The monoisotopic (exact) mass is 340 g/mol. The van der Waals surface area contributed by atoms with Gasteiger partial charge in [-0.15, -0.1) is 0 Å². The van der Waals surface area contributed by atoms with Crippen LogP contribution in [0.2, 0.25) is 0 Å². The van der Waals surface area contributed by atoms with Gasteiger partial charge in [0.1, 0.15) is 5.60 Å². The van der Waals surface area contributed by atoms with Crippen LogP contribution in [0.3, 0.4) is 0 Å². The number of ether oxygens (including phenoxy) is 1. The van der Waals surface area contributed by atoms with E-state index in [9.17, 15) is 4.79 Å². The minimum Gasteiger partial charge on any atom is -0.492 e. The van der Waals surface area contributed by atoms with Gasteiger partial charge in [-0.2, -0.15) is 0 Å². The Morgan fingerprint density at radius 1 is 1.00 bits per heavy atom. The number of hydrogen-bond donors (Lipinski definition) is 0. The van der Waals surface area contributed by atoms with Gasteiger partial charge in [-0.25, -0.2) is 0 Å². The second-order valence-corrected chi connectivity index (χ2v) is 10.1. The predicted molar refractivity (Wildman–Crippen MR) is 98.9 cm³/mol. The van der Waals surface area contributed by atoms with Crippen LogP contribution in [0.25, 0.3) is 0 Å². The van der Waals surface area contributed by atoms with Gasteiger partial charge < -0.3 is 4.74 Å². The van der Waals surface area contributed by atoms with Crippen molar-refractivity contribution in [1.29, 1.82) is 0 Å². The highest BCUT2D eigenvalue weighted by Crippen LogP contribution is 2.70. The van der Waals surface area contributed by atoms with Crippen molar-refractivity contribution >= 4 is 5.78 Å². The fourth-order valence-electron chi connectivity index (χ4n) is 7.95. The molecule has 25 heavy (non-hydrogen) atoms. The molecule has 2 heteroatoms. The first-order chi connectivity index (χ1) is 11.9. The maximum Gasteiger partial charge on any atom is 0.155 e. The SMILES string of the molecule is C=C1CC[C@@]2(CCC3C4CCC5=CC(=O)CCC5(C)C4CCC32C)O1. The molecule has 1 aliphatic heterocycles. The highest BCUT2D eigenvalue weighted by Gasteiger charge is 2.66. The maximum atomic E-state index is 12.0. The minimum atomic E-state index is 0.0826. The molecule has 0 aromatic carbocycles. The Hall–Kier alpha value is -1.05. The van der Waals surface area contributed by atoms with E-state index in [1.807, 2.05) is 6.08 Å². The lowest BCUT2D eigenvalue weighted by molar-refractivity contribution is -0.126. The van der Waals surface area contributed by atoms with Crippen LogP contribution in [0.15, 0.2) is 24.0 Å². The lowest BCUT2D eigenvalue weighted by Gasteiger charge is -2.59. The maximum absolute atomic E-state index is 12.0. The quantitative estimate of drug-likeness (QED) is 0.575. The molecule has 4 aliphatic carbocycles. The number of allylic oxidation sites excluding steroid dienone is 2. The standard InChI is InChI=1S/C23H32O2/c1-15-6-12-23(25-15)13-9-20-18-5-4-16-14-17(24)7-10-21(16,2)19(18)8-11-22(20,23)3/h14,18-20H,1,4-13H2,2-3H3/t18?,19?,20?,21?,22?,23-/m0/s1. The van der Waals surface area contributed by atoms with E-state index in [0.717, 1.165) is 49.2 Å². The number of ketones is 1. The van der Waals surface area contributed by atoms with Crippen LogP contribution in [0, 0.1) is 28.6 Å². The zero-order valence-electron chi connectivity index (χ0n) is 15.9. The van der Waals surface area contributed by atoms with Gasteiger partial charge in [0, 0.05) is 18.3 Å². The molecule has 5 rings (SSSR count). The molecule has 0 N–H and O–H groups in total. The summed E-state index contributed by atoms with van der Waals surface area (Å²) in [5.74, 6) is 3.79. The molecule has 1 heterocycles. The van der Waals surface area contributed by atoms with E-state index in [1.54, 1.807) is 0 Å². The van der Waals surface area contributed by atoms with Crippen molar-refractivity contribution in [2.24, 2.45) is 28.6 Å². The Balaban J connectivity index is 1.49. The average molecular weight is 341 g/mol. The van der Waals surface area contributed by atoms with Crippen molar-refractivity contribution in [2.75, 3.05) is 0 Å². The predicted octanol–water partition coefficient (Wildman–Crippen LogP) is 5.58. The summed E-state index contributed by atoms with van der Waals surface area (Å²) in [4.78, 5) is 12.0. The summed E-state index contributed by atoms with van der Waals surface area (Å²) in [6.07, 6.45) is 13.7. The van der Waals surface area contributed by atoms with Crippen LogP contribution in [-0.4, -0.2) is 11.4 Å². The van der Waals surface area contributed by atoms with Crippen molar-refractivity contribution in [3.63, 3.8) is 0 Å². The molecule has 0 amide bonds. The third kappa shape index (κ3) is 1.95. The molecule has 5 aliphatic rings. The summed E-state index contributed by atoms with van der Waals surface area (Å²) in [5.41, 5.74) is 2.18. The van der Waals surface area contributed by atoms with Gasteiger partial charge in [0.2, 0.25) is 0 Å². The van der Waals surface area contributed by atoms with Crippen molar-refractivity contribution < 1.29 is 9.53 Å². The number of fused-ring (bicyclic) bond motifs is 6. The second-order valence-electron chi connectivity index (χ2n) is 10.1. The molecule has 0 aromatic rings. The first-order valence-electron chi connectivity index (χ1n) is 10.5. The average Bonchev–Trinajstić information content (AvgIpc) is 3.10. The Bertz CT molecular complexity index is 676. The van der Waals surface area contributed by atoms with Crippen LogP contribution in [0.1, 0.15) is 78.1 Å². The van der Waals surface area contributed by atoms with E-state index in [-0.39, 0.29) is 11.0 Å². The zero-order valence-corrected chi connectivity index (χ0v) is 15.9. The summed E-state index contributed by atoms with van der Waals surface area (Å²) in [5, 5.41) is 0. The molecule has 4 fully saturated rings. The van der Waals surface area contributed by atoms with Gasteiger partial charge in [0.05, 0.1) is 5.76 Å². The fourth-order valence-corrected chi connectivity index (χ4v) is 7.95. The van der Waals surface area contributed by atoms with Gasteiger partial charge in [-0.05, 0) is 80.6 Å². The third-order valence-electron chi connectivity index (χ3n) is 9.40. The molecule has 3 saturated carbocycles. The van der Waals surface area contributed by atoms with Crippen LogP contribution >= 0.6 is 0 Å². The van der Waals surface area contributed by atoms with Crippen molar-refractivity contribution in [1.82, 2.24) is 0 Å². The molecule has 1 spiro atoms. The topological polar surface area (TPSA) is 26.3 Å². The Morgan fingerprint density at radius 3 is 2.56 bits per heavy atom. The van der Waals surface area contributed by atoms with Gasteiger partial charge in [-0.3, -0.25) is 4.79 Å². The zero-order chi connectivity index (χ0) is 17.4. The van der Waals surface area contributed by atoms with Gasteiger partial charge in [0.25, 0.3) is 0 Å². The molecule has 136 valence electrons. The highest BCUT2D eigenvalue weighted by molar-refractivity contribution is 5.91. The van der Waals surface area contributed by atoms with Crippen molar-refractivity contribution in [3.05, 3.63) is 24.0 Å². The summed E-state index contributed by atoms with van der Waals surface area (Å²) >= 11 is 0.